The number of hydrogen-bond acceptors (Lipinski definition) is 4. The molecule has 0 bridgehead atoms. The van der Waals surface area contributed by atoms with E-state index < -0.39 is 11.8 Å². The van der Waals surface area contributed by atoms with Crippen LogP contribution < -0.4 is 10.7 Å². The van der Waals surface area contributed by atoms with Crippen molar-refractivity contribution in [3.05, 3.63) is 33.8 Å². The molecule has 1 aromatic carbocycles. The lowest BCUT2D eigenvalue weighted by molar-refractivity contribution is -0.129. The minimum Gasteiger partial charge on any atom is -0.383 e. The smallest absolute Gasteiger partial charge is 0.249 e. The largest absolute Gasteiger partial charge is 0.383 e. The maximum Gasteiger partial charge on any atom is 0.249 e. The van der Waals surface area contributed by atoms with Crippen LogP contribution in [0.3, 0.4) is 0 Å². The first-order chi connectivity index (χ1) is 10.0. The fourth-order valence-electron chi connectivity index (χ4n) is 1.33. The Hall–Kier alpha value is -1.63. The van der Waals surface area contributed by atoms with Crippen LogP contribution in [0.25, 0.3) is 0 Å². The Balaban J connectivity index is 2.40. The van der Waals surface area contributed by atoms with Gasteiger partial charge in [0.25, 0.3) is 0 Å². The normalized spacial score (nSPS) is 10.6. The zero-order chi connectivity index (χ0) is 15.7. The maximum atomic E-state index is 11.5. The molecule has 0 aromatic heterocycles. The summed E-state index contributed by atoms with van der Waals surface area (Å²) >= 11 is 11.8. The predicted molar refractivity (Wildman–Crippen MR) is 81.7 cm³/mol. The van der Waals surface area contributed by atoms with Crippen molar-refractivity contribution in [2.24, 2.45) is 5.10 Å². The molecule has 1 rings (SSSR count). The summed E-state index contributed by atoms with van der Waals surface area (Å²) in [5.41, 5.74) is 2.80. The molecule has 0 unspecified atom stereocenters. The molecule has 1 aromatic rings. The van der Waals surface area contributed by atoms with Crippen LogP contribution in [0.4, 0.5) is 0 Å². The van der Waals surface area contributed by atoms with Crippen molar-refractivity contribution in [1.29, 1.82) is 0 Å². The Labute approximate surface area is 132 Å². The Morgan fingerprint density at radius 1 is 1.33 bits per heavy atom. The van der Waals surface area contributed by atoms with Gasteiger partial charge in [-0.05, 0) is 6.07 Å². The number of benzene rings is 1. The van der Waals surface area contributed by atoms with Crippen molar-refractivity contribution < 1.29 is 14.3 Å². The van der Waals surface area contributed by atoms with Crippen LogP contribution >= 0.6 is 23.2 Å². The number of ether oxygens (including phenoxy) is 1. The molecule has 2 N–H and O–H groups in total. The average molecular weight is 332 g/mol. The minimum absolute atomic E-state index is 0.315. The molecule has 0 heterocycles. The third kappa shape index (κ3) is 6.57. The van der Waals surface area contributed by atoms with E-state index in [1.165, 1.54) is 13.3 Å². The molecule has 8 heteroatoms. The number of carbonyl (C=O) groups is 2. The number of hydrogen-bond donors (Lipinski definition) is 2. The Morgan fingerprint density at radius 3 is 2.81 bits per heavy atom. The number of amides is 2. The van der Waals surface area contributed by atoms with Crippen LogP contribution in [0, 0.1) is 0 Å². The monoisotopic (exact) mass is 331 g/mol. The molecule has 2 amide bonds. The number of carbonyl (C=O) groups excluding carboxylic acids is 2. The van der Waals surface area contributed by atoms with Gasteiger partial charge >= 0.3 is 0 Å². The molecule has 0 atom stereocenters. The third-order valence-electron chi connectivity index (χ3n) is 2.32. The fourth-order valence-corrected chi connectivity index (χ4v) is 1.69. The first-order valence-corrected chi connectivity index (χ1v) is 6.81. The quantitative estimate of drug-likeness (QED) is 0.344. The first kappa shape index (κ1) is 17.4. The topological polar surface area (TPSA) is 79.8 Å². The summed E-state index contributed by atoms with van der Waals surface area (Å²) < 4.78 is 4.77. The molecule has 6 nitrogen and oxygen atoms in total. The lowest BCUT2D eigenvalue weighted by Crippen LogP contribution is -2.31. The van der Waals surface area contributed by atoms with Crippen molar-refractivity contribution in [2.45, 2.75) is 6.42 Å². The molecule has 0 aliphatic rings. The first-order valence-electron chi connectivity index (χ1n) is 6.06. The van der Waals surface area contributed by atoms with E-state index in [1.54, 1.807) is 18.2 Å². The molecular formula is C13H15Cl2N3O3. The second-order valence-electron chi connectivity index (χ2n) is 3.96. The number of nitrogens with zero attached hydrogens (tertiary/aromatic N) is 1. The van der Waals surface area contributed by atoms with Gasteiger partial charge in [0.2, 0.25) is 11.8 Å². The van der Waals surface area contributed by atoms with Gasteiger partial charge in [-0.15, -0.1) is 0 Å². The number of methoxy groups -OCH3 is 1. The van der Waals surface area contributed by atoms with Crippen molar-refractivity contribution >= 4 is 41.2 Å². The molecule has 0 saturated heterocycles. The van der Waals surface area contributed by atoms with Gasteiger partial charge in [0.05, 0.1) is 22.9 Å². The van der Waals surface area contributed by atoms with Crippen LogP contribution in [-0.4, -0.2) is 38.3 Å². The van der Waals surface area contributed by atoms with Crippen LogP contribution in [0.5, 0.6) is 0 Å². The van der Waals surface area contributed by atoms with Gasteiger partial charge in [0, 0.05) is 19.2 Å². The summed E-state index contributed by atoms with van der Waals surface area (Å²) in [4.78, 5) is 22.8. The minimum atomic E-state index is -0.528. The van der Waals surface area contributed by atoms with Gasteiger partial charge < -0.3 is 10.1 Å². The highest BCUT2D eigenvalue weighted by Gasteiger charge is 2.08. The number of rotatable bonds is 7. The maximum absolute atomic E-state index is 11.5. The third-order valence-corrected chi connectivity index (χ3v) is 3.16. The zero-order valence-electron chi connectivity index (χ0n) is 11.4. The number of hydrazone groups is 1. The van der Waals surface area contributed by atoms with Crippen LogP contribution in [0.2, 0.25) is 10.0 Å². The van der Waals surface area contributed by atoms with Crippen LogP contribution in [0.1, 0.15) is 12.0 Å². The fraction of sp³-hybridized carbons (Fsp3) is 0.308. The van der Waals surface area contributed by atoms with E-state index in [0.717, 1.165) is 0 Å². The van der Waals surface area contributed by atoms with Crippen molar-refractivity contribution in [2.75, 3.05) is 20.3 Å². The molecule has 21 heavy (non-hydrogen) atoms. The second kappa shape index (κ2) is 9.33. The van der Waals surface area contributed by atoms with E-state index in [4.69, 9.17) is 27.9 Å². The summed E-state index contributed by atoms with van der Waals surface area (Å²) in [5.74, 6) is -0.931. The Kier molecular flexibility index (Phi) is 7.74. The van der Waals surface area contributed by atoms with Gasteiger partial charge in [-0.3, -0.25) is 9.59 Å². The SMILES string of the molecule is COCCNC(=O)CC(=O)N/N=C/c1cccc(Cl)c1Cl. The molecule has 0 spiro atoms. The second-order valence-corrected chi connectivity index (χ2v) is 4.74. The van der Waals surface area contributed by atoms with E-state index in [-0.39, 0.29) is 6.42 Å². The lowest BCUT2D eigenvalue weighted by Gasteiger charge is -2.03. The van der Waals surface area contributed by atoms with E-state index in [0.29, 0.717) is 28.8 Å². The lowest BCUT2D eigenvalue weighted by atomic mass is 10.2. The molecule has 0 fully saturated rings. The van der Waals surface area contributed by atoms with Gasteiger partial charge in [0.1, 0.15) is 6.42 Å². The Bertz CT molecular complexity index is 535. The average Bonchev–Trinajstić information content (AvgIpc) is 2.43. The summed E-state index contributed by atoms with van der Waals surface area (Å²) in [6, 6.07) is 5.05. The van der Waals surface area contributed by atoms with Gasteiger partial charge in [-0.2, -0.15) is 5.10 Å². The summed E-state index contributed by atoms with van der Waals surface area (Å²) in [7, 11) is 1.52. The van der Waals surface area contributed by atoms with Gasteiger partial charge in [0.15, 0.2) is 0 Å². The molecular weight excluding hydrogens is 317 g/mol. The molecule has 0 aliphatic heterocycles. The summed E-state index contributed by atoms with van der Waals surface area (Å²) in [5, 5.41) is 6.98. The van der Waals surface area contributed by atoms with Crippen molar-refractivity contribution in [1.82, 2.24) is 10.7 Å². The highest BCUT2D eigenvalue weighted by molar-refractivity contribution is 6.43. The number of nitrogens with one attached hydrogen (secondary N) is 2. The van der Waals surface area contributed by atoms with Crippen molar-refractivity contribution in [3.63, 3.8) is 0 Å². The van der Waals surface area contributed by atoms with Gasteiger partial charge in [-0.25, -0.2) is 5.43 Å². The van der Waals surface area contributed by atoms with Gasteiger partial charge in [-0.1, -0.05) is 35.3 Å². The Morgan fingerprint density at radius 2 is 2.10 bits per heavy atom. The van der Waals surface area contributed by atoms with E-state index >= 15 is 0 Å². The zero-order valence-corrected chi connectivity index (χ0v) is 12.9. The van der Waals surface area contributed by atoms with Crippen LogP contribution in [0.15, 0.2) is 23.3 Å². The molecule has 114 valence electrons. The van der Waals surface area contributed by atoms with E-state index in [2.05, 4.69) is 15.8 Å². The standard InChI is InChI=1S/C13H15Cl2N3O3/c1-21-6-5-16-11(19)7-12(20)18-17-8-9-3-2-4-10(14)13(9)15/h2-4,8H,5-7H2,1H3,(H,16,19)(H,18,20)/b17-8+. The molecule has 0 aliphatic carbocycles. The van der Waals surface area contributed by atoms with Crippen molar-refractivity contribution in [3.8, 4) is 0 Å². The summed E-state index contributed by atoms with van der Waals surface area (Å²) in [6.45, 7) is 0.739. The van der Waals surface area contributed by atoms with Crippen LogP contribution in [-0.2, 0) is 14.3 Å². The van der Waals surface area contributed by atoms with E-state index in [1.807, 2.05) is 0 Å². The molecule has 0 saturated carbocycles. The van der Waals surface area contributed by atoms with E-state index in [9.17, 15) is 9.59 Å². The number of halogens is 2. The summed E-state index contributed by atoms with van der Waals surface area (Å²) in [6.07, 6.45) is 1.04. The highest BCUT2D eigenvalue weighted by Crippen LogP contribution is 2.23. The molecule has 0 radical (unpaired) electrons. The predicted octanol–water partition coefficient (Wildman–Crippen LogP) is 1.60. The highest BCUT2D eigenvalue weighted by atomic mass is 35.5.